The molecule has 2 unspecified atom stereocenters. The molecule has 0 aliphatic heterocycles. The number of aliphatic hydroxyl groups excluding tert-OH is 1. The van der Waals surface area contributed by atoms with Crippen LogP contribution in [0.1, 0.15) is 38.4 Å². The number of aromatic nitrogens is 2. The molecule has 0 saturated heterocycles. The molecule has 0 aliphatic carbocycles. The molecule has 1 rings (SSSR count). The monoisotopic (exact) mass is 269 g/mol. The Balaban J connectivity index is 2.57. The highest BCUT2D eigenvalue weighted by Crippen LogP contribution is 2.21. The van der Waals surface area contributed by atoms with Gasteiger partial charge in [-0.05, 0) is 32.2 Å². The lowest BCUT2D eigenvalue weighted by molar-refractivity contribution is 0.163. The van der Waals surface area contributed by atoms with Gasteiger partial charge in [0.1, 0.15) is 0 Å². The lowest BCUT2D eigenvalue weighted by Gasteiger charge is -2.14. The van der Waals surface area contributed by atoms with Gasteiger partial charge >= 0.3 is 0 Å². The molecule has 2 atom stereocenters. The number of hydrogen-bond acceptors (Lipinski definition) is 4. The van der Waals surface area contributed by atoms with Gasteiger partial charge in [0, 0.05) is 13.6 Å². The highest BCUT2D eigenvalue weighted by atomic mass is 16.5. The second-order valence-corrected chi connectivity index (χ2v) is 5.23. The summed E-state index contributed by atoms with van der Waals surface area (Å²) >= 11 is 0. The molecule has 0 fully saturated rings. The highest BCUT2D eigenvalue weighted by molar-refractivity contribution is 5.31. The van der Waals surface area contributed by atoms with Crippen LogP contribution >= 0.6 is 0 Å². The number of aryl methyl sites for hydroxylation is 2. The summed E-state index contributed by atoms with van der Waals surface area (Å²) in [7, 11) is 3.58. The van der Waals surface area contributed by atoms with Crippen molar-refractivity contribution in [2.24, 2.45) is 13.0 Å². The predicted octanol–water partition coefficient (Wildman–Crippen LogP) is 1.49. The maximum Gasteiger partial charge on any atom is 0.216 e. The van der Waals surface area contributed by atoms with Crippen LogP contribution < -0.4 is 10.1 Å². The minimum atomic E-state index is -0.240. The van der Waals surface area contributed by atoms with Crippen molar-refractivity contribution >= 4 is 0 Å². The quantitative estimate of drug-likeness (QED) is 0.750. The van der Waals surface area contributed by atoms with Crippen molar-refractivity contribution in [3.63, 3.8) is 0 Å². The minimum Gasteiger partial charge on any atom is -0.481 e. The average Bonchev–Trinajstić information content (AvgIpc) is 2.64. The fraction of sp³-hybridized carbons (Fsp3) is 0.786. The largest absolute Gasteiger partial charge is 0.481 e. The van der Waals surface area contributed by atoms with Crippen molar-refractivity contribution < 1.29 is 9.84 Å². The van der Waals surface area contributed by atoms with Crippen LogP contribution in [-0.4, -0.2) is 34.6 Å². The Hall–Kier alpha value is -1.07. The Morgan fingerprint density at radius 3 is 2.63 bits per heavy atom. The SMILES string of the molecule is CCc1nn(C)c(OC)c1CNCC(C)CC(C)O. The molecule has 0 bridgehead atoms. The molecule has 0 spiro atoms. The number of rotatable bonds is 8. The molecule has 0 amide bonds. The second-order valence-electron chi connectivity index (χ2n) is 5.23. The molecule has 0 saturated carbocycles. The van der Waals surface area contributed by atoms with E-state index in [9.17, 15) is 5.11 Å². The van der Waals surface area contributed by atoms with Gasteiger partial charge in [0.05, 0.1) is 24.5 Å². The maximum atomic E-state index is 9.35. The highest BCUT2D eigenvalue weighted by Gasteiger charge is 2.15. The fourth-order valence-corrected chi connectivity index (χ4v) is 2.43. The van der Waals surface area contributed by atoms with Crippen LogP contribution in [0.15, 0.2) is 0 Å². The van der Waals surface area contributed by atoms with Gasteiger partial charge in [-0.15, -0.1) is 0 Å². The first-order valence-corrected chi connectivity index (χ1v) is 6.97. The van der Waals surface area contributed by atoms with Gasteiger partial charge in [0.25, 0.3) is 0 Å². The van der Waals surface area contributed by atoms with Crippen LogP contribution in [-0.2, 0) is 20.0 Å². The molecular formula is C14H27N3O2. The Morgan fingerprint density at radius 1 is 1.42 bits per heavy atom. The Kier molecular flexibility index (Phi) is 6.31. The number of hydrogen-bond donors (Lipinski definition) is 2. The first kappa shape index (κ1) is 16.0. The van der Waals surface area contributed by atoms with Crippen molar-refractivity contribution in [3.8, 4) is 5.88 Å². The van der Waals surface area contributed by atoms with E-state index in [0.29, 0.717) is 5.92 Å². The van der Waals surface area contributed by atoms with Crippen LogP contribution in [0.4, 0.5) is 0 Å². The van der Waals surface area contributed by atoms with E-state index < -0.39 is 0 Å². The molecule has 0 aliphatic rings. The standard InChI is InChI=1S/C14H27N3O2/c1-6-13-12(14(19-5)17(4)16-13)9-15-8-10(2)7-11(3)18/h10-11,15,18H,6-9H2,1-5H3. The Morgan fingerprint density at radius 2 is 2.11 bits per heavy atom. The van der Waals surface area contributed by atoms with Gasteiger partial charge in [-0.1, -0.05) is 13.8 Å². The van der Waals surface area contributed by atoms with Gasteiger partial charge in [0.2, 0.25) is 5.88 Å². The predicted molar refractivity (Wildman–Crippen MR) is 76.3 cm³/mol. The molecule has 1 aromatic heterocycles. The summed E-state index contributed by atoms with van der Waals surface area (Å²) in [6, 6.07) is 0. The van der Waals surface area contributed by atoms with Crippen molar-refractivity contribution in [3.05, 3.63) is 11.3 Å². The normalized spacial score (nSPS) is 14.4. The second kappa shape index (κ2) is 7.50. The smallest absolute Gasteiger partial charge is 0.216 e. The van der Waals surface area contributed by atoms with E-state index in [1.54, 1.807) is 11.8 Å². The number of methoxy groups -OCH3 is 1. The van der Waals surface area contributed by atoms with Gasteiger partial charge in [-0.2, -0.15) is 5.10 Å². The zero-order chi connectivity index (χ0) is 14.4. The number of nitrogens with one attached hydrogen (secondary N) is 1. The van der Waals surface area contributed by atoms with Gasteiger partial charge in [0.15, 0.2) is 0 Å². The van der Waals surface area contributed by atoms with Crippen LogP contribution in [0.2, 0.25) is 0 Å². The van der Waals surface area contributed by atoms with E-state index in [1.165, 1.54) is 0 Å². The minimum absolute atomic E-state index is 0.240. The molecule has 0 radical (unpaired) electrons. The van der Waals surface area contributed by atoms with Crippen molar-refractivity contribution in [2.75, 3.05) is 13.7 Å². The molecule has 1 heterocycles. The summed E-state index contributed by atoms with van der Waals surface area (Å²) < 4.78 is 7.19. The van der Waals surface area contributed by atoms with Crippen LogP contribution in [0, 0.1) is 5.92 Å². The van der Waals surface area contributed by atoms with E-state index in [4.69, 9.17) is 4.74 Å². The fourth-order valence-electron chi connectivity index (χ4n) is 2.43. The van der Waals surface area contributed by atoms with E-state index in [2.05, 4.69) is 24.3 Å². The van der Waals surface area contributed by atoms with Gasteiger partial charge in [-0.25, -0.2) is 4.68 Å². The average molecular weight is 269 g/mol. The number of aliphatic hydroxyl groups is 1. The molecule has 5 nitrogen and oxygen atoms in total. The zero-order valence-corrected chi connectivity index (χ0v) is 12.7. The third-order valence-electron chi connectivity index (χ3n) is 3.24. The van der Waals surface area contributed by atoms with Crippen LogP contribution in [0.25, 0.3) is 0 Å². The summed E-state index contributed by atoms with van der Waals surface area (Å²) in [6.07, 6.45) is 1.48. The maximum absolute atomic E-state index is 9.35. The summed E-state index contributed by atoms with van der Waals surface area (Å²) in [5, 5.41) is 17.2. The molecule has 19 heavy (non-hydrogen) atoms. The third-order valence-corrected chi connectivity index (χ3v) is 3.24. The van der Waals surface area contributed by atoms with Crippen molar-refractivity contribution in [2.45, 2.75) is 46.3 Å². The number of ether oxygens (including phenoxy) is 1. The Bertz CT molecular complexity index is 388. The molecule has 110 valence electrons. The summed E-state index contributed by atoms with van der Waals surface area (Å²) in [5.74, 6) is 1.28. The molecule has 0 aromatic carbocycles. The first-order chi connectivity index (χ1) is 8.99. The van der Waals surface area contributed by atoms with Gasteiger partial charge < -0.3 is 15.2 Å². The molecule has 5 heteroatoms. The molecule has 2 N–H and O–H groups in total. The van der Waals surface area contributed by atoms with Crippen molar-refractivity contribution in [1.29, 1.82) is 0 Å². The topological polar surface area (TPSA) is 59.3 Å². The van der Waals surface area contributed by atoms with E-state index in [-0.39, 0.29) is 6.10 Å². The lowest BCUT2D eigenvalue weighted by Crippen LogP contribution is -2.23. The molecular weight excluding hydrogens is 242 g/mol. The third kappa shape index (κ3) is 4.51. The van der Waals surface area contributed by atoms with Crippen LogP contribution in [0.3, 0.4) is 0 Å². The van der Waals surface area contributed by atoms with Gasteiger partial charge in [-0.3, -0.25) is 0 Å². The van der Waals surface area contributed by atoms with Crippen LogP contribution in [0.5, 0.6) is 5.88 Å². The summed E-state index contributed by atoms with van der Waals surface area (Å²) in [5.41, 5.74) is 2.21. The summed E-state index contributed by atoms with van der Waals surface area (Å²) in [6.45, 7) is 7.70. The number of nitrogens with zero attached hydrogens (tertiary/aromatic N) is 2. The lowest BCUT2D eigenvalue weighted by atomic mass is 10.0. The summed E-state index contributed by atoms with van der Waals surface area (Å²) in [4.78, 5) is 0. The Labute approximate surface area is 116 Å². The van der Waals surface area contributed by atoms with Crippen molar-refractivity contribution in [1.82, 2.24) is 15.1 Å². The van der Waals surface area contributed by atoms with E-state index in [0.717, 1.165) is 43.1 Å². The van der Waals surface area contributed by atoms with E-state index in [1.807, 2.05) is 14.0 Å². The molecule has 1 aromatic rings. The first-order valence-electron chi connectivity index (χ1n) is 6.97. The zero-order valence-electron chi connectivity index (χ0n) is 12.7. The van der Waals surface area contributed by atoms with E-state index >= 15 is 0 Å².